The van der Waals surface area contributed by atoms with Crippen molar-refractivity contribution in [3.05, 3.63) is 55.9 Å². The lowest BCUT2D eigenvalue weighted by atomic mass is 10.2. The van der Waals surface area contributed by atoms with Gasteiger partial charge in [-0.05, 0) is 24.3 Å². The van der Waals surface area contributed by atoms with E-state index in [2.05, 4.69) is 10.1 Å². The first-order valence-electron chi connectivity index (χ1n) is 6.50. The fourth-order valence-corrected chi connectivity index (χ4v) is 3.49. The number of pyridine rings is 1. The standard InChI is InChI=1S/C14H6Cl3F3N4S/c15-7-1-2-10(22-5-7)12-23-24(13(21)25-12)11-8(16)3-6(4-9(11)17)14(18,19)20/h1-5,21H. The molecule has 130 valence electrons. The molecule has 2 aromatic heterocycles. The summed E-state index contributed by atoms with van der Waals surface area (Å²) in [7, 11) is 0. The summed E-state index contributed by atoms with van der Waals surface area (Å²) in [6, 6.07) is 4.71. The van der Waals surface area contributed by atoms with Crippen LogP contribution in [0.3, 0.4) is 0 Å². The highest BCUT2D eigenvalue weighted by Crippen LogP contribution is 2.37. The zero-order valence-electron chi connectivity index (χ0n) is 11.9. The summed E-state index contributed by atoms with van der Waals surface area (Å²) in [4.78, 5) is 4.02. The Morgan fingerprint density at radius 2 is 1.72 bits per heavy atom. The molecule has 0 amide bonds. The molecule has 0 bridgehead atoms. The van der Waals surface area contributed by atoms with Gasteiger partial charge in [-0.2, -0.15) is 18.3 Å². The molecule has 1 N–H and O–H groups in total. The van der Waals surface area contributed by atoms with Crippen molar-refractivity contribution >= 4 is 46.1 Å². The maximum atomic E-state index is 12.8. The van der Waals surface area contributed by atoms with Gasteiger partial charge in [0.25, 0.3) is 0 Å². The summed E-state index contributed by atoms with van der Waals surface area (Å²) >= 11 is 18.7. The van der Waals surface area contributed by atoms with E-state index in [-0.39, 0.29) is 20.5 Å². The van der Waals surface area contributed by atoms with Crippen molar-refractivity contribution in [2.75, 3.05) is 0 Å². The largest absolute Gasteiger partial charge is 0.416 e. The third-order valence-corrected chi connectivity index (χ3v) is 4.73. The smallest absolute Gasteiger partial charge is 0.273 e. The maximum absolute atomic E-state index is 12.8. The molecule has 0 spiro atoms. The summed E-state index contributed by atoms with van der Waals surface area (Å²) < 4.78 is 39.5. The van der Waals surface area contributed by atoms with Gasteiger partial charge in [0, 0.05) is 6.20 Å². The molecule has 0 saturated carbocycles. The van der Waals surface area contributed by atoms with Crippen molar-refractivity contribution in [2.45, 2.75) is 6.18 Å². The monoisotopic (exact) mass is 424 g/mol. The van der Waals surface area contributed by atoms with Gasteiger partial charge in [-0.3, -0.25) is 10.4 Å². The molecule has 0 aliphatic heterocycles. The minimum absolute atomic E-state index is 0.00204. The number of hydrogen-bond donors (Lipinski definition) is 1. The van der Waals surface area contributed by atoms with Crippen molar-refractivity contribution in [1.82, 2.24) is 14.8 Å². The van der Waals surface area contributed by atoms with Crippen LogP contribution in [0.5, 0.6) is 0 Å². The number of hydrogen-bond acceptors (Lipinski definition) is 4. The van der Waals surface area contributed by atoms with Crippen LogP contribution in [-0.2, 0) is 6.18 Å². The molecule has 11 heteroatoms. The van der Waals surface area contributed by atoms with Gasteiger partial charge in [-0.25, -0.2) is 4.68 Å². The molecule has 0 atom stereocenters. The molecule has 3 aromatic rings. The minimum atomic E-state index is -4.58. The van der Waals surface area contributed by atoms with E-state index >= 15 is 0 Å². The van der Waals surface area contributed by atoms with Crippen LogP contribution < -0.4 is 4.80 Å². The third kappa shape index (κ3) is 3.67. The molecule has 0 saturated heterocycles. The molecule has 25 heavy (non-hydrogen) atoms. The first-order valence-corrected chi connectivity index (χ1v) is 8.45. The molecule has 0 radical (unpaired) electrons. The average Bonchev–Trinajstić information content (AvgIpc) is 2.88. The van der Waals surface area contributed by atoms with Crippen LogP contribution in [0.15, 0.2) is 30.5 Å². The molecule has 0 aliphatic carbocycles. The Morgan fingerprint density at radius 3 is 2.24 bits per heavy atom. The zero-order chi connectivity index (χ0) is 18.4. The Morgan fingerprint density at radius 1 is 1.08 bits per heavy atom. The summed E-state index contributed by atoms with van der Waals surface area (Å²) in [5.74, 6) is 0. The van der Waals surface area contributed by atoms with Gasteiger partial charge >= 0.3 is 6.18 Å². The lowest BCUT2D eigenvalue weighted by Gasteiger charge is -2.11. The highest BCUT2D eigenvalue weighted by molar-refractivity contribution is 7.12. The molecule has 2 heterocycles. The summed E-state index contributed by atoms with van der Waals surface area (Å²) in [5.41, 5.74) is -0.521. The Hall–Kier alpha value is -1.61. The molecule has 0 fully saturated rings. The normalized spacial score (nSPS) is 11.8. The van der Waals surface area contributed by atoms with Crippen LogP contribution in [0.2, 0.25) is 15.1 Å². The number of nitrogens with zero attached hydrogens (tertiary/aromatic N) is 3. The van der Waals surface area contributed by atoms with Crippen LogP contribution in [0.1, 0.15) is 5.56 Å². The second-order valence-electron chi connectivity index (χ2n) is 4.77. The predicted molar refractivity (Wildman–Crippen MR) is 90.6 cm³/mol. The molecular weight excluding hydrogens is 420 g/mol. The third-order valence-electron chi connectivity index (χ3n) is 3.08. The van der Waals surface area contributed by atoms with Crippen LogP contribution in [0, 0.1) is 5.41 Å². The van der Waals surface area contributed by atoms with Gasteiger partial charge in [0.15, 0.2) is 5.01 Å². The fourth-order valence-electron chi connectivity index (χ4n) is 1.98. The Balaban J connectivity index is 2.12. The molecule has 3 rings (SSSR count). The Kier molecular flexibility index (Phi) is 4.80. The van der Waals surface area contributed by atoms with E-state index < -0.39 is 11.7 Å². The van der Waals surface area contributed by atoms with Crippen molar-refractivity contribution in [1.29, 1.82) is 5.41 Å². The van der Waals surface area contributed by atoms with Gasteiger partial charge < -0.3 is 0 Å². The van der Waals surface area contributed by atoms with E-state index in [9.17, 15) is 13.2 Å². The first-order chi connectivity index (χ1) is 11.7. The molecule has 0 aliphatic rings. The number of alkyl halides is 3. The number of nitrogens with one attached hydrogen (secondary N) is 1. The molecule has 4 nitrogen and oxygen atoms in total. The van der Waals surface area contributed by atoms with E-state index in [0.29, 0.717) is 15.7 Å². The maximum Gasteiger partial charge on any atom is 0.416 e. The van der Waals surface area contributed by atoms with E-state index in [4.69, 9.17) is 40.2 Å². The lowest BCUT2D eigenvalue weighted by Crippen LogP contribution is -2.14. The van der Waals surface area contributed by atoms with E-state index in [0.717, 1.165) is 28.2 Å². The number of rotatable bonds is 2. The first kappa shape index (κ1) is 18.2. The Labute approximate surface area is 157 Å². The number of benzene rings is 1. The fraction of sp³-hybridized carbons (Fsp3) is 0.0714. The second kappa shape index (κ2) is 6.60. The lowest BCUT2D eigenvalue weighted by molar-refractivity contribution is -0.137. The van der Waals surface area contributed by atoms with Gasteiger partial charge in [-0.1, -0.05) is 46.1 Å². The molecular formula is C14H6Cl3F3N4S. The zero-order valence-corrected chi connectivity index (χ0v) is 15.0. The quantitative estimate of drug-likeness (QED) is 0.593. The highest BCUT2D eigenvalue weighted by atomic mass is 35.5. The van der Waals surface area contributed by atoms with Crippen LogP contribution in [0.25, 0.3) is 16.4 Å². The van der Waals surface area contributed by atoms with Gasteiger partial charge in [0.1, 0.15) is 11.4 Å². The summed E-state index contributed by atoms with van der Waals surface area (Å²) in [6.45, 7) is 0. The minimum Gasteiger partial charge on any atom is -0.273 e. The number of aromatic nitrogens is 3. The SMILES string of the molecule is N=c1sc(-c2ccc(Cl)cn2)nn1-c1c(Cl)cc(C(F)(F)F)cc1Cl. The Bertz CT molecular complexity index is 973. The van der Waals surface area contributed by atoms with Crippen LogP contribution >= 0.6 is 46.1 Å². The molecule has 0 unspecified atom stereocenters. The summed E-state index contributed by atoms with van der Waals surface area (Å²) in [5, 5.41) is 12.5. The van der Waals surface area contributed by atoms with Crippen LogP contribution in [-0.4, -0.2) is 14.8 Å². The predicted octanol–water partition coefficient (Wildman–Crippen LogP) is 5.45. The van der Waals surface area contributed by atoms with Gasteiger partial charge in [0.2, 0.25) is 4.80 Å². The van der Waals surface area contributed by atoms with Crippen LogP contribution in [0.4, 0.5) is 13.2 Å². The average molecular weight is 426 g/mol. The topological polar surface area (TPSA) is 54.6 Å². The van der Waals surface area contributed by atoms with Gasteiger partial charge in [-0.15, -0.1) is 0 Å². The second-order valence-corrected chi connectivity index (χ2v) is 7.00. The number of halogens is 6. The highest BCUT2D eigenvalue weighted by Gasteiger charge is 2.32. The van der Waals surface area contributed by atoms with E-state index in [1.54, 1.807) is 12.1 Å². The van der Waals surface area contributed by atoms with Crippen molar-refractivity contribution < 1.29 is 13.2 Å². The van der Waals surface area contributed by atoms with E-state index in [1.165, 1.54) is 6.20 Å². The molecule has 1 aromatic carbocycles. The van der Waals surface area contributed by atoms with Crippen molar-refractivity contribution in [2.24, 2.45) is 0 Å². The van der Waals surface area contributed by atoms with E-state index in [1.807, 2.05) is 0 Å². The van der Waals surface area contributed by atoms with Crippen molar-refractivity contribution in [3.63, 3.8) is 0 Å². The van der Waals surface area contributed by atoms with Gasteiger partial charge in [0.05, 0.1) is 20.6 Å². The van der Waals surface area contributed by atoms with Crippen molar-refractivity contribution in [3.8, 4) is 16.4 Å². The summed E-state index contributed by atoms with van der Waals surface area (Å²) in [6.07, 6.45) is -3.16.